The largest absolute Gasteiger partial charge is 0.279 e. The van der Waals surface area contributed by atoms with Crippen LogP contribution in [0.15, 0.2) is 18.2 Å². The van der Waals surface area contributed by atoms with Crippen LogP contribution in [0.3, 0.4) is 0 Å². The van der Waals surface area contributed by atoms with Gasteiger partial charge in [-0.05, 0) is 12.1 Å². The van der Waals surface area contributed by atoms with Crippen LogP contribution in [0.2, 0.25) is 0 Å². The fourth-order valence-electron chi connectivity index (χ4n) is 1.23. The highest BCUT2D eigenvalue weighted by molar-refractivity contribution is 7.00. The number of benzene rings is 1. The summed E-state index contributed by atoms with van der Waals surface area (Å²) in [6, 6.07) is 5.31. The maximum absolute atomic E-state index is 11.8. The van der Waals surface area contributed by atoms with Gasteiger partial charge in [0.15, 0.2) is 0 Å². The van der Waals surface area contributed by atoms with Gasteiger partial charge in [-0.1, -0.05) is 6.07 Å². The molecule has 1 heterocycles. The van der Waals surface area contributed by atoms with Gasteiger partial charge in [-0.25, -0.2) is 5.06 Å². The Morgan fingerprint density at radius 1 is 1.47 bits per heavy atom. The van der Waals surface area contributed by atoms with Gasteiger partial charge in [0.05, 0.1) is 24.4 Å². The van der Waals surface area contributed by atoms with Crippen LogP contribution in [-0.4, -0.2) is 33.9 Å². The summed E-state index contributed by atoms with van der Waals surface area (Å²) in [5, 5.41) is 1.16. The summed E-state index contributed by atoms with van der Waals surface area (Å²) < 4.78 is 8.15. The molecule has 6 heteroatoms. The third-order valence-corrected chi connectivity index (χ3v) is 2.62. The van der Waals surface area contributed by atoms with Crippen LogP contribution < -0.4 is 0 Å². The van der Waals surface area contributed by atoms with E-state index >= 15 is 0 Å². The van der Waals surface area contributed by atoms with Crippen LogP contribution >= 0.6 is 11.7 Å². The SMILES string of the molecule is CON(C)C(=O)c1cccc2nsnc12. The lowest BCUT2D eigenvalue weighted by Gasteiger charge is -2.13. The zero-order valence-corrected chi connectivity index (χ0v) is 9.11. The van der Waals surface area contributed by atoms with Crippen molar-refractivity contribution in [1.82, 2.24) is 13.8 Å². The maximum atomic E-state index is 11.8. The van der Waals surface area contributed by atoms with Gasteiger partial charge in [-0.2, -0.15) is 8.75 Å². The Hall–Kier alpha value is -1.53. The van der Waals surface area contributed by atoms with E-state index in [4.69, 9.17) is 4.84 Å². The minimum Gasteiger partial charge on any atom is -0.274 e. The predicted molar refractivity (Wildman–Crippen MR) is 56.5 cm³/mol. The molecule has 0 unspecified atom stereocenters. The second-order valence-electron chi connectivity index (χ2n) is 2.92. The van der Waals surface area contributed by atoms with Crippen LogP contribution in [0.5, 0.6) is 0 Å². The molecule has 0 bridgehead atoms. The van der Waals surface area contributed by atoms with Crippen molar-refractivity contribution in [2.45, 2.75) is 0 Å². The van der Waals surface area contributed by atoms with E-state index in [0.717, 1.165) is 22.3 Å². The van der Waals surface area contributed by atoms with E-state index in [-0.39, 0.29) is 5.91 Å². The molecule has 0 fully saturated rings. The number of carbonyl (C=O) groups excluding carboxylic acids is 1. The number of fused-ring (bicyclic) bond motifs is 1. The minimum absolute atomic E-state index is 0.226. The van der Waals surface area contributed by atoms with Crippen LogP contribution in [0.25, 0.3) is 11.0 Å². The molecule has 0 aliphatic rings. The molecule has 1 aromatic carbocycles. The summed E-state index contributed by atoms with van der Waals surface area (Å²) in [7, 11) is 3.00. The van der Waals surface area contributed by atoms with E-state index in [0.29, 0.717) is 11.1 Å². The van der Waals surface area contributed by atoms with Crippen molar-refractivity contribution in [2.75, 3.05) is 14.2 Å². The lowest BCUT2D eigenvalue weighted by atomic mass is 10.2. The smallest absolute Gasteiger partial charge is 0.274 e. The lowest BCUT2D eigenvalue weighted by molar-refractivity contribution is -0.0755. The van der Waals surface area contributed by atoms with Gasteiger partial charge in [0.2, 0.25) is 0 Å². The average Bonchev–Trinajstić information content (AvgIpc) is 2.74. The fraction of sp³-hybridized carbons (Fsp3) is 0.222. The molecule has 15 heavy (non-hydrogen) atoms. The zero-order valence-electron chi connectivity index (χ0n) is 8.30. The Labute approximate surface area is 90.6 Å². The molecule has 0 saturated heterocycles. The Kier molecular flexibility index (Phi) is 2.61. The quantitative estimate of drug-likeness (QED) is 0.721. The van der Waals surface area contributed by atoms with E-state index < -0.39 is 0 Å². The van der Waals surface area contributed by atoms with Crippen LogP contribution in [0, 0.1) is 0 Å². The highest BCUT2D eigenvalue weighted by Crippen LogP contribution is 2.17. The molecule has 5 nitrogen and oxygen atoms in total. The molecule has 0 atom stereocenters. The van der Waals surface area contributed by atoms with Crippen LogP contribution in [-0.2, 0) is 4.84 Å². The van der Waals surface area contributed by atoms with Crippen molar-refractivity contribution in [1.29, 1.82) is 0 Å². The number of hydrogen-bond donors (Lipinski definition) is 0. The van der Waals surface area contributed by atoms with Crippen LogP contribution in [0.4, 0.5) is 0 Å². The third kappa shape index (κ3) is 1.69. The van der Waals surface area contributed by atoms with Crippen molar-refractivity contribution < 1.29 is 9.63 Å². The molecule has 0 N–H and O–H groups in total. The van der Waals surface area contributed by atoms with Crippen molar-refractivity contribution in [3.05, 3.63) is 23.8 Å². The van der Waals surface area contributed by atoms with Crippen molar-refractivity contribution in [2.24, 2.45) is 0 Å². The van der Waals surface area contributed by atoms with Gasteiger partial charge in [0, 0.05) is 7.05 Å². The monoisotopic (exact) mass is 223 g/mol. The molecule has 2 rings (SSSR count). The van der Waals surface area contributed by atoms with E-state index in [2.05, 4.69) is 8.75 Å². The lowest BCUT2D eigenvalue weighted by Crippen LogP contribution is -2.25. The summed E-state index contributed by atoms with van der Waals surface area (Å²) in [5.74, 6) is -0.226. The summed E-state index contributed by atoms with van der Waals surface area (Å²) in [4.78, 5) is 16.7. The van der Waals surface area contributed by atoms with Gasteiger partial charge < -0.3 is 0 Å². The van der Waals surface area contributed by atoms with Gasteiger partial charge in [0.25, 0.3) is 5.91 Å². The molecule has 0 aliphatic heterocycles. The van der Waals surface area contributed by atoms with Gasteiger partial charge >= 0.3 is 0 Å². The molecule has 78 valence electrons. The number of carbonyl (C=O) groups is 1. The zero-order chi connectivity index (χ0) is 10.8. The summed E-state index contributed by atoms with van der Waals surface area (Å²) in [6.07, 6.45) is 0. The number of nitrogens with zero attached hydrogens (tertiary/aromatic N) is 3. The number of aromatic nitrogens is 2. The minimum atomic E-state index is -0.226. The van der Waals surface area contributed by atoms with Gasteiger partial charge in [0.1, 0.15) is 11.0 Å². The standard InChI is InChI=1S/C9H9N3O2S/c1-12(14-2)9(13)6-4-3-5-7-8(6)11-15-10-7/h3-5H,1-2H3. The number of hydroxylamine groups is 2. The molecule has 1 aromatic heterocycles. The van der Waals surface area contributed by atoms with Crippen molar-refractivity contribution >= 4 is 28.7 Å². The van der Waals surface area contributed by atoms with Crippen molar-refractivity contribution in [3.8, 4) is 0 Å². The predicted octanol–water partition coefficient (Wildman–Crippen LogP) is 1.32. The van der Waals surface area contributed by atoms with Gasteiger partial charge in [-0.3, -0.25) is 9.63 Å². The molecular formula is C9H9N3O2S. The normalized spacial score (nSPS) is 10.5. The molecule has 1 amide bonds. The summed E-state index contributed by atoms with van der Waals surface area (Å²) in [6.45, 7) is 0. The van der Waals surface area contributed by atoms with E-state index in [1.807, 2.05) is 6.07 Å². The molecule has 0 radical (unpaired) electrons. The molecule has 2 aromatic rings. The second-order valence-corrected chi connectivity index (χ2v) is 3.45. The Morgan fingerprint density at radius 3 is 3.00 bits per heavy atom. The summed E-state index contributed by atoms with van der Waals surface area (Å²) >= 11 is 1.09. The Bertz CT molecular complexity index is 497. The van der Waals surface area contributed by atoms with Gasteiger partial charge in [-0.15, -0.1) is 0 Å². The highest BCUT2D eigenvalue weighted by Gasteiger charge is 2.16. The highest BCUT2D eigenvalue weighted by atomic mass is 32.1. The molecular weight excluding hydrogens is 214 g/mol. The Balaban J connectivity index is 2.51. The van der Waals surface area contributed by atoms with E-state index in [1.165, 1.54) is 7.11 Å². The first kappa shape index (κ1) is 10.0. The van der Waals surface area contributed by atoms with E-state index in [9.17, 15) is 4.79 Å². The Morgan fingerprint density at radius 2 is 2.27 bits per heavy atom. The molecule has 0 spiro atoms. The van der Waals surface area contributed by atoms with Crippen molar-refractivity contribution in [3.63, 3.8) is 0 Å². The maximum Gasteiger partial charge on any atom is 0.279 e. The average molecular weight is 223 g/mol. The molecule has 0 saturated carbocycles. The molecule has 0 aliphatic carbocycles. The van der Waals surface area contributed by atoms with E-state index in [1.54, 1.807) is 19.2 Å². The first-order valence-electron chi connectivity index (χ1n) is 4.27. The summed E-state index contributed by atoms with van der Waals surface area (Å²) in [5.41, 5.74) is 1.86. The third-order valence-electron chi connectivity index (χ3n) is 2.08. The topological polar surface area (TPSA) is 55.3 Å². The number of rotatable bonds is 2. The van der Waals surface area contributed by atoms with Crippen LogP contribution in [0.1, 0.15) is 10.4 Å². The second kappa shape index (κ2) is 3.92. The number of hydrogen-bond acceptors (Lipinski definition) is 5. The number of amides is 1. The fourth-order valence-corrected chi connectivity index (χ4v) is 1.78. The first-order chi connectivity index (χ1) is 7.24. The first-order valence-corrected chi connectivity index (χ1v) is 5.00.